The molecular weight excluding hydrogens is 300 g/mol. The third-order valence-electron chi connectivity index (χ3n) is 2.29. The molecule has 104 valence electrons. The molecule has 0 fully saturated rings. The normalized spacial score (nSPS) is 10.2. The Morgan fingerprint density at radius 1 is 1.45 bits per heavy atom. The summed E-state index contributed by atoms with van der Waals surface area (Å²) in [5.74, 6) is -0.427. The summed E-state index contributed by atoms with van der Waals surface area (Å²) >= 11 is 7.14. The first kappa shape index (κ1) is 14.4. The van der Waals surface area contributed by atoms with E-state index >= 15 is 0 Å². The largest absolute Gasteiger partial charge is 0.351 e. The standard InChI is InChI=1S/C12H11ClN4O2S/c13-8-2-1-3-9(6-8)17-5-4-15-12(17)20-7-10(18)16-11(14)19/h1-6H,7H2,(H3,14,16,18,19). The summed E-state index contributed by atoms with van der Waals surface area (Å²) in [5, 5.41) is 3.22. The van der Waals surface area contributed by atoms with E-state index in [1.807, 2.05) is 17.4 Å². The van der Waals surface area contributed by atoms with Crippen LogP contribution in [0.2, 0.25) is 5.02 Å². The highest BCUT2D eigenvalue weighted by atomic mass is 35.5. The van der Waals surface area contributed by atoms with Crippen molar-refractivity contribution in [1.82, 2.24) is 14.9 Å². The highest BCUT2D eigenvalue weighted by Crippen LogP contribution is 2.22. The van der Waals surface area contributed by atoms with Gasteiger partial charge in [0, 0.05) is 23.1 Å². The molecule has 0 spiro atoms. The van der Waals surface area contributed by atoms with Crippen molar-refractivity contribution in [2.75, 3.05) is 5.75 Å². The number of rotatable bonds is 4. The van der Waals surface area contributed by atoms with Gasteiger partial charge < -0.3 is 5.73 Å². The number of nitrogens with zero attached hydrogens (tertiary/aromatic N) is 2. The van der Waals surface area contributed by atoms with E-state index in [0.717, 1.165) is 5.69 Å². The number of nitrogens with one attached hydrogen (secondary N) is 1. The van der Waals surface area contributed by atoms with Crippen LogP contribution in [-0.4, -0.2) is 27.2 Å². The minimum Gasteiger partial charge on any atom is -0.351 e. The predicted molar refractivity (Wildman–Crippen MR) is 77.0 cm³/mol. The number of hydrogen-bond donors (Lipinski definition) is 2. The zero-order chi connectivity index (χ0) is 14.5. The summed E-state index contributed by atoms with van der Waals surface area (Å²) in [7, 11) is 0. The fourth-order valence-electron chi connectivity index (χ4n) is 1.52. The summed E-state index contributed by atoms with van der Waals surface area (Å²) in [6, 6.07) is 6.40. The average molecular weight is 311 g/mol. The Balaban J connectivity index is 2.09. The Kier molecular flexibility index (Phi) is 4.65. The molecular formula is C12H11ClN4O2S. The molecule has 20 heavy (non-hydrogen) atoms. The molecule has 3 N–H and O–H groups in total. The topological polar surface area (TPSA) is 90.0 Å². The lowest BCUT2D eigenvalue weighted by atomic mass is 10.3. The van der Waals surface area contributed by atoms with Gasteiger partial charge in [0.1, 0.15) is 0 Å². The second-order valence-electron chi connectivity index (χ2n) is 3.76. The number of carbonyl (C=O) groups is 2. The molecule has 6 nitrogen and oxygen atoms in total. The molecule has 0 aliphatic rings. The molecule has 3 amide bonds. The minimum atomic E-state index is -0.867. The molecule has 0 aliphatic heterocycles. The third kappa shape index (κ3) is 3.75. The van der Waals surface area contributed by atoms with Gasteiger partial charge in [-0.2, -0.15) is 0 Å². The fraction of sp³-hybridized carbons (Fsp3) is 0.0833. The van der Waals surface area contributed by atoms with Crippen molar-refractivity contribution in [3.05, 3.63) is 41.7 Å². The Labute approximate surface area is 124 Å². The van der Waals surface area contributed by atoms with Crippen molar-refractivity contribution in [2.24, 2.45) is 5.73 Å². The summed E-state index contributed by atoms with van der Waals surface area (Å²) in [6.07, 6.45) is 3.38. The van der Waals surface area contributed by atoms with E-state index in [2.05, 4.69) is 4.98 Å². The van der Waals surface area contributed by atoms with Crippen LogP contribution in [0.25, 0.3) is 5.69 Å². The molecule has 1 aromatic heterocycles. The first-order chi connectivity index (χ1) is 9.56. The summed E-state index contributed by atoms with van der Waals surface area (Å²) < 4.78 is 1.80. The van der Waals surface area contributed by atoms with Gasteiger partial charge in [0.2, 0.25) is 5.91 Å². The maximum atomic E-state index is 11.4. The second kappa shape index (κ2) is 6.44. The van der Waals surface area contributed by atoms with Crippen LogP contribution >= 0.6 is 23.4 Å². The molecule has 1 heterocycles. The lowest BCUT2D eigenvalue weighted by Gasteiger charge is -2.07. The van der Waals surface area contributed by atoms with Gasteiger partial charge in [-0.3, -0.25) is 14.7 Å². The van der Waals surface area contributed by atoms with Gasteiger partial charge in [-0.05, 0) is 18.2 Å². The third-order valence-corrected chi connectivity index (χ3v) is 3.49. The van der Waals surface area contributed by atoms with Crippen LogP contribution in [0.4, 0.5) is 4.79 Å². The van der Waals surface area contributed by atoms with Crippen molar-refractivity contribution in [2.45, 2.75) is 5.16 Å². The molecule has 0 saturated carbocycles. The van der Waals surface area contributed by atoms with Gasteiger partial charge in [-0.25, -0.2) is 9.78 Å². The molecule has 1 aromatic carbocycles. The van der Waals surface area contributed by atoms with Crippen LogP contribution < -0.4 is 11.1 Å². The van der Waals surface area contributed by atoms with E-state index in [1.165, 1.54) is 11.8 Å². The number of imidazole rings is 1. The van der Waals surface area contributed by atoms with Crippen LogP contribution in [0, 0.1) is 0 Å². The maximum Gasteiger partial charge on any atom is 0.318 e. The number of nitrogens with two attached hydrogens (primary N) is 1. The zero-order valence-corrected chi connectivity index (χ0v) is 11.8. The van der Waals surface area contributed by atoms with Gasteiger partial charge in [0.15, 0.2) is 5.16 Å². The fourth-order valence-corrected chi connectivity index (χ4v) is 2.48. The lowest BCUT2D eigenvalue weighted by molar-refractivity contribution is -0.117. The lowest BCUT2D eigenvalue weighted by Crippen LogP contribution is -2.36. The number of imide groups is 1. The molecule has 0 unspecified atom stereocenters. The number of primary amides is 1. The van der Waals surface area contributed by atoms with Gasteiger partial charge in [-0.15, -0.1) is 0 Å². The number of halogens is 1. The Hall–Kier alpha value is -1.99. The van der Waals surface area contributed by atoms with Crippen LogP contribution in [0.15, 0.2) is 41.8 Å². The number of thioether (sulfide) groups is 1. The van der Waals surface area contributed by atoms with Crippen LogP contribution in [0.1, 0.15) is 0 Å². The van der Waals surface area contributed by atoms with Crippen molar-refractivity contribution in [3.63, 3.8) is 0 Å². The molecule has 0 atom stereocenters. The number of carbonyl (C=O) groups excluding carboxylic acids is 2. The first-order valence-corrected chi connectivity index (χ1v) is 6.94. The average Bonchev–Trinajstić information content (AvgIpc) is 2.84. The number of amides is 3. The Morgan fingerprint density at radius 3 is 2.95 bits per heavy atom. The van der Waals surface area contributed by atoms with Crippen molar-refractivity contribution >= 4 is 35.3 Å². The molecule has 8 heteroatoms. The summed E-state index contributed by atoms with van der Waals surface area (Å²) in [5.41, 5.74) is 5.70. The number of benzene rings is 1. The second-order valence-corrected chi connectivity index (χ2v) is 5.14. The molecule has 2 rings (SSSR count). The predicted octanol–water partition coefficient (Wildman–Crippen LogP) is 1.81. The first-order valence-electron chi connectivity index (χ1n) is 5.57. The van der Waals surface area contributed by atoms with Gasteiger partial charge in [0.25, 0.3) is 0 Å². The highest BCUT2D eigenvalue weighted by Gasteiger charge is 2.10. The van der Waals surface area contributed by atoms with E-state index in [1.54, 1.807) is 29.1 Å². The Bertz CT molecular complexity index is 644. The molecule has 2 aromatic rings. The summed E-state index contributed by atoms with van der Waals surface area (Å²) in [4.78, 5) is 26.1. The van der Waals surface area contributed by atoms with Gasteiger partial charge in [-0.1, -0.05) is 29.4 Å². The SMILES string of the molecule is NC(=O)NC(=O)CSc1nccn1-c1cccc(Cl)c1. The number of urea groups is 1. The smallest absolute Gasteiger partial charge is 0.318 e. The van der Waals surface area contributed by atoms with E-state index in [9.17, 15) is 9.59 Å². The van der Waals surface area contributed by atoms with Crippen LogP contribution in [0.5, 0.6) is 0 Å². The van der Waals surface area contributed by atoms with E-state index in [-0.39, 0.29) is 5.75 Å². The van der Waals surface area contributed by atoms with Gasteiger partial charge in [0.05, 0.1) is 5.75 Å². The molecule has 0 saturated heterocycles. The number of hydrogen-bond acceptors (Lipinski definition) is 4. The Morgan fingerprint density at radius 2 is 2.25 bits per heavy atom. The van der Waals surface area contributed by atoms with E-state index in [4.69, 9.17) is 17.3 Å². The van der Waals surface area contributed by atoms with Crippen molar-refractivity contribution < 1.29 is 9.59 Å². The summed E-state index contributed by atoms with van der Waals surface area (Å²) in [6.45, 7) is 0. The molecule has 0 aliphatic carbocycles. The highest BCUT2D eigenvalue weighted by molar-refractivity contribution is 7.99. The van der Waals surface area contributed by atoms with E-state index < -0.39 is 11.9 Å². The number of aromatic nitrogens is 2. The van der Waals surface area contributed by atoms with Crippen molar-refractivity contribution in [3.8, 4) is 5.69 Å². The minimum absolute atomic E-state index is 0.0422. The van der Waals surface area contributed by atoms with Crippen LogP contribution in [-0.2, 0) is 4.79 Å². The molecule has 0 bridgehead atoms. The van der Waals surface area contributed by atoms with E-state index in [0.29, 0.717) is 10.2 Å². The maximum absolute atomic E-state index is 11.4. The monoisotopic (exact) mass is 310 g/mol. The van der Waals surface area contributed by atoms with Crippen LogP contribution in [0.3, 0.4) is 0 Å². The quantitative estimate of drug-likeness (QED) is 0.843. The van der Waals surface area contributed by atoms with Gasteiger partial charge >= 0.3 is 6.03 Å². The zero-order valence-electron chi connectivity index (χ0n) is 10.2. The van der Waals surface area contributed by atoms with Crippen molar-refractivity contribution in [1.29, 1.82) is 0 Å². The molecule has 0 radical (unpaired) electrons.